The summed E-state index contributed by atoms with van der Waals surface area (Å²) >= 11 is 0. The molecule has 0 unspecified atom stereocenters. The normalized spacial score (nSPS) is 10.8. The summed E-state index contributed by atoms with van der Waals surface area (Å²) in [5, 5.41) is 0. The van der Waals surface area contributed by atoms with Crippen LogP contribution in [-0.2, 0) is 6.54 Å². The van der Waals surface area contributed by atoms with Gasteiger partial charge in [-0.15, -0.1) is 0 Å². The van der Waals surface area contributed by atoms with Crippen molar-refractivity contribution in [3.05, 3.63) is 29.8 Å². The Kier molecular flexibility index (Phi) is 5.29. The molecule has 0 aromatic heterocycles. The van der Waals surface area contributed by atoms with E-state index in [9.17, 15) is 0 Å². The number of anilines is 1. The molecule has 0 amide bonds. The van der Waals surface area contributed by atoms with Gasteiger partial charge in [0.25, 0.3) is 0 Å². The lowest BCUT2D eigenvalue weighted by Crippen LogP contribution is -2.23. The number of hydrogen-bond donors (Lipinski definition) is 1. The standard InChI is InChI=1S/C13H23N3/c1-15(2)8-5-9-16(3)13-7-4-6-12(10-13)11-14/h4,6-7,10H,5,8-9,11,14H2,1-3H3. The van der Waals surface area contributed by atoms with Crippen molar-refractivity contribution in [1.82, 2.24) is 4.90 Å². The number of hydrogen-bond acceptors (Lipinski definition) is 3. The van der Waals surface area contributed by atoms with E-state index in [2.05, 4.69) is 55.2 Å². The molecule has 0 atom stereocenters. The lowest BCUT2D eigenvalue weighted by Gasteiger charge is -2.21. The van der Waals surface area contributed by atoms with E-state index in [1.54, 1.807) is 0 Å². The summed E-state index contributed by atoms with van der Waals surface area (Å²) in [5.41, 5.74) is 8.08. The molecule has 2 N–H and O–H groups in total. The van der Waals surface area contributed by atoms with Crippen LogP contribution in [0.1, 0.15) is 12.0 Å². The maximum atomic E-state index is 5.63. The third-order valence-corrected chi connectivity index (χ3v) is 2.69. The first kappa shape index (κ1) is 13.0. The molecule has 0 spiro atoms. The van der Waals surface area contributed by atoms with Crippen molar-refractivity contribution in [1.29, 1.82) is 0 Å². The summed E-state index contributed by atoms with van der Waals surface area (Å²) in [4.78, 5) is 4.49. The van der Waals surface area contributed by atoms with Crippen molar-refractivity contribution in [2.24, 2.45) is 5.73 Å². The van der Waals surface area contributed by atoms with Gasteiger partial charge in [-0.2, -0.15) is 0 Å². The zero-order valence-electron chi connectivity index (χ0n) is 10.6. The maximum absolute atomic E-state index is 5.63. The van der Waals surface area contributed by atoms with E-state index < -0.39 is 0 Å². The molecule has 0 saturated carbocycles. The molecule has 3 heteroatoms. The summed E-state index contributed by atoms with van der Waals surface area (Å²) in [6, 6.07) is 8.43. The zero-order chi connectivity index (χ0) is 12.0. The highest BCUT2D eigenvalue weighted by atomic mass is 15.1. The Balaban J connectivity index is 2.48. The van der Waals surface area contributed by atoms with Crippen molar-refractivity contribution in [2.75, 3.05) is 39.1 Å². The summed E-state index contributed by atoms with van der Waals surface area (Å²) in [6.07, 6.45) is 1.18. The van der Waals surface area contributed by atoms with Crippen LogP contribution in [0.4, 0.5) is 5.69 Å². The van der Waals surface area contributed by atoms with Crippen LogP contribution in [0.2, 0.25) is 0 Å². The summed E-state index contributed by atoms with van der Waals surface area (Å²) < 4.78 is 0. The van der Waals surface area contributed by atoms with Gasteiger partial charge in [0.15, 0.2) is 0 Å². The van der Waals surface area contributed by atoms with Gasteiger partial charge in [0, 0.05) is 25.8 Å². The molecule has 16 heavy (non-hydrogen) atoms. The van der Waals surface area contributed by atoms with Crippen molar-refractivity contribution >= 4 is 5.69 Å². The van der Waals surface area contributed by atoms with Gasteiger partial charge >= 0.3 is 0 Å². The Morgan fingerprint density at radius 3 is 2.50 bits per heavy atom. The van der Waals surface area contributed by atoms with Gasteiger partial charge < -0.3 is 15.5 Å². The van der Waals surface area contributed by atoms with Gasteiger partial charge in [-0.1, -0.05) is 12.1 Å². The Morgan fingerprint density at radius 2 is 1.88 bits per heavy atom. The average Bonchev–Trinajstić information content (AvgIpc) is 2.28. The number of nitrogens with zero attached hydrogens (tertiary/aromatic N) is 2. The molecule has 1 rings (SSSR count). The average molecular weight is 221 g/mol. The highest BCUT2D eigenvalue weighted by molar-refractivity contribution is 5.47. The Morgan fingerprint density at radius 1 is 1.12 bits per heavy atom. The van der Waals surface area contributed by atoms with E-state index >= 15 is 0 Å². The van der Waals surface area contributed by atoms with Crippen LogP contribution in [0.15, 0.2) is 24.3 Å². The fourth-order valence-corrected chi connectivity index (χ4v) is 1.67. The van der Waals surface area contributed by atoms with Crippen LogP contribution >= 0.6 is 0 Å². The molecular weight excluding hydrogens is 198 g/mol. The van der Waals surface area contributed by atoms with Crippen molar-refractivity contribution in [3.63, 3.8) is 0 Å². The molecule has 0 bridgehead atoms. The topological polar surface area (TPSA) is 32.5 Å². The Hall–Kier alpha value is -1.06. The molecule has 3 nitrogen and oxygen atoms in total. The first-order valence-corrected chi connectivity index (χ1v) is 5.78. The summed E-state index contributed by atoms with van der Waals surface area (Å²) in [7, 11) is 6.34. The third kappa shape index (κ3) is 4.21. The molecule has 90 valence electrons. The molecule has 0 radical (unpaired) electrons. The third-order valence-electron chi connectivity index (χ3n) is 2.69. The van der Waals surface area contributed by atoms with Gasteiger partial charge in [0.2, 0.25) is 0 Å². The minimum Gasteiger partial charge on any atom is -0.375 e. The molecule has 0 saturated heterocycles. The quantitative estimate of drug-likeness (QED) is 0.791. The van der Waals surface area contributed by atoms with Gasteiger partial charge in [-0.05, 0) is 44.8 Å². The van der Waals surface area contributed by atoms with Crippen LogP contribution < -0.4 is 10.6 Å². The maximum Gasteiger partial charge on any atom is 0.0366 e. The van der Waals surface area contributed by atoms with E-state index in [1.807, 2.05) is 0 Å². The van der Waals surface area contributed by atoms with Crippen molar-refractivity contribution in [2.45, 2.75) is 13.0 Å². The van der Waals surface area contributed by atoms with Gasteiger partial charge in [0.1, 0.15) is 0 Å². The van der Waals surface area contributed by atoms with Crippen molar-refractivity contribution < 1.29 is 0 Å². The summed E-state index contributed by atoms with van der Waals surface area (Å²) in [6.45, 7) is 2.81. The number of rotatable bonds is 6. The molecule has 0 heterocycles. The Bertz CT molecular complexity index is 310. The molecule has 1 aromatic carbocycles. The molecule has 1 aromatic rings. The SMILES string of the molecule is CN(C)CCCN(C)c1cccc(CN)c1. The van der Waals surface area contributed by atoms with Crippen LogP contribution in [0.25, 0.3) is 0 Å². The molecule has 0 aliphatic heterocycles. The van der Waals surface area contributed by atoms with Crippen LogP contribution in [0, 0.1) is 0 Å². The van der Waals surface area contributed by atoms with Gasteiger partial charge in [-0.3, -0.25) is 0 Å². The van der Waals surface area contributed by atoms with E-state index in [0.717, 1.165) is 13.1 Å². The molecule has 0 aliphatic carbocycles. The van der Waals surface area contributed by atoms with E-state index in [4.69, 9.17) is 5.73 Å². The molecular formula is C13H23N3. The highest BCUT2D eigenvalue weighted by Gasteiger charge is 2.01. The predicted octanol–water partition coefficient (Wildman–Crippen LogP) is 1.53. The first-order chi connectivity index (χ1) is 7.63. The van der Waals surface area contributed by atoms with Gasteiger partial charge in [0.05, 0.1) is 0 Å². The fraction of sp³-hybridized carbons (Fsp3) is 0.538. The Labute approximate surface area is 98.8 Å². The summed E-state index contributed by atoms with van der Waals surface area (Å²) in [5.74, 6) is 0. The smallest absolute Gasteiger partial charge is 0.0366 e. The van der Waals surface area contributed by atoms with E-state index in [-0.39, 0.29) is 0 Å². The van der Waals surface area contributed by atoms with Crippen LogP contribution in [-0.4, -0.2) is 39.1 Å². The number of benzene rings is 1. The lowest BCUT2D eigenvalue weighted by atomic mass is 10.2. The fourth-order valence-electron chi connectivity index (χ4n) is 1.67. The minimum absolute atomic E-state index is 0.610. The second-order valence-electron chi connectivity index (χ2n) is 4.45. The second kappa shape index (κ2) is 6.51. The van der Waals surface area contributed by atoms with E-state index in [0.29, 0.717) is 6.54 Å². The zero-order valence-corrected chi connectivity index (χ0v) is 10.6. The second-order valence-corrected chi connectivity index (χ2v) is 4.45. The minimum atomic E-state index is 0.610. The van der Waals surface area contributed by atoms with E-state index in [1.165, 1.54) is 17.7 Å². The van der Waals surface area contributed by atoms with Crippen LogP contribution in [0.5, 0.6) is 0 Å². The first-order valence-electron chi connectivity index (χ1n) is 5.78. The van der Waals surface area contributed by atoms with Gasteiger partial charge in [-0.25, -0.2) is 0 Å². The lowest BCUT2D eigenvalue weighted by molar-refractivity contribution is 0.401. The number of nitrogens with two attached hydrogens (primary N) is 1. The monoisotopic (exact) mass is 221 g/mol. The van der Waals surface area contributed by atoms with Crippen LogP contribution in [0.3, 0.4) is 0 Å². The largest absolute Gasteiger partial charge is 0.375 e. The highest BCUT2D eigenvalue weighted by Crippen LogP contribution is 2.14. The van der Waals surface area contributed by atoms with Crippen molar-refractivity contribution in [3.8, 4) is 0 Å². The molecule has 0 fully saturated rings. The molecule has 0 aliphatic rings. The predicted molar refractivity (Wildman–Crippen MR) is 70.8 cm³/mol.